The fourth-order valence-corrected chi connectivity index (χ4v) is 1.15. The quantitative estimate of drug-likeness (QED) is 0.794. The van der Waals surface area contributed by atoms with Gasteiger partial charge in [0.15, 0.2) is 5.82 Å². The van der Waals surface area contributed by atoms with Gasteiger partial charge in [0.2, 0.25) is 5.91 Å². The van der Waals surface area contributed by atoms with E-state index in [0.29, 0.717) is 18.3 Å². The predicted molar refractivity (Wildman–Crippen MR) is 70.6 cm³/mol. The van der Waals surface area contributed by atoms with Gasteiger partial charge in [0.25, 0.3) is 0 Å². The Hall–Kier alpha value is -2.12. The van der Waals surface area contributed by atoms with E-state index < -0.39 is 0 Å². The molecule has 1 aromatic rings. The molecule has 2 N–H and O–H groups in total. The number of carbonyl (C=O) groups is 2. The van der Waals surface area contributed by atoms with Crippen molar-refractivity contribution in [1.29, 1.82) is 0 Å². The molecular formula is C11H20N6O2. The van der Waals surface area contributed by atoms with Crippen LogP contribution in [-0.2, 0) is 11.3 Å². The highest BCUT2D eigenvalue weighted by atomic mass is 16.2. The molecule has 0 saturated heterocycles. The first-order valence-electron chi connectivity index (χ1n) is 6.03. The maximum Gasteiger partial charge on any atom is 0.322 e. The normalized spacial score (nSPS) is 10.4. The molecule has 0 atom stereocenters. The highest BCUT2D eigenvalue weighted by molar-refractivity contribution is 5.87. The summed E-state index contributed by atoms with van der Waals surface area (Å²) >= 11 is 0. The number of nitrogens with zero attached hydrogens (tertiary/aromatic N) is 4. The largest absolute Gasteiger partial charge is 0.354 e. The average molecular weight is 268 g/mol. The van der Waals surface area contributed by atoms with Gasteiger partial charge in [-0.1, -0.05) is 13.8 Å². The molecular weight excluding hydrogens is 248 g/mol. The lowest BCUT2D eigenvalue weighted by atomic mass is 10.2. The molecule has 1 aromatic heterocycles. The van der Waals surface area contributed by atoms with Crippen LogP contribution in [-0.4, -0.2) is 52.5 Å². The molecule has 8 heteroatoms. The monoisotopic (exact) mass is 268 g/mol. The number of urea groups is 1. The van der Waals surface area contributed by atoms with Gasteiger partial charge in [0, 0.05) is 20.6 Å². The van der Waals surface area contributed by atoms with E-state index in [-0.39, 0.29) is 18.5 Å². The molecule has 1 heterocycles. The zero-order valence-corrected chi connectivity index (χ0v) is 11.7. The third-order valence-electron chi connectivity index (χ3n) is 2.17. The van der Waals surface area contributed by atoms with Gasteiger partial charge >= 0.3 is 6.03 Å². The lowest BCUT2D eigenvalue weighted by Crippen LogP contribution is -2.31. The van der Waals surface area contributed by atoms with Crippen molar-refractivity contribution in [2.24, 2.45) is 5.92 Å². The Morgan fingerprint density at radius 3 is 2.68 bits per heavy atom. The van der Waals surface area contributed by atoms with Crippen molar-refractivity contribution >= 4 is 17.8 Å². The lowest BCUT2D eigenvalue weighted by molar-refractivity contribution is -0.122. The van der Waals surface area contributed by atoms with Crippen LogP contribution in [0.25, 0.3) is 0 Å². The van der Waals surface area contributed by atoms with Crippen molar-refractivity contribution < 1.29 is 9.59 Å². The van der Waals surface area contributed by atoms with Crippen molar-refractivity contribution in [3.05, 3.63) is 6.20 Å². The van der Waals surface area contributed by atoms with Crippen LogP contribution in [0.3, 0.4) is 0 Å². The molecule has 106 valence electrons. The molecule has 0 fully saturated rings. The summed E-state index contributed by atoms with van der Waals surface area (Å²) in [7, 11) is 3.25. The summed E-state index contributed by atoms with van der Waals surface area (Å²) in [5.41, 5.74) is 0. The summed E-state index contributed by atoms with van der Waals surface area (Å²) in [5, 5.41) is 13.2. The SMILES string of the molecule is CC(C)CNC(=O)Cn1ncc(NC(=O)N(C)C)n1. The van der Waals surface area contributed by atoms with Crippen LogP contribution in [0.15, 0.2) is 6.20 Å². The van der Waals surface area contributed by atoms with Crippen molar-refractivity contribution in [3.8, 4) is 0 Å². The van der Waals surface area contributed by atoms with Gasteiger partial charge < -0.3 is 10.2 Å². The van der Waals surface area contributed by atoms with Crippen LogP contribution in [0.2, 0.25) is 0 Å². The number of anilines is 1. The Labute approximate surface area is 112 Å². The summed E-state index contributed by atoms with van der Waals surface area (Å²) in [6.07, 6.45) is 1.40. The van der Waals surface area contributed by atoms with Crippen LogP contribution in [0.1, 0.15) is 13.8 Å². The molecule has 0 aliphatic rings. The second kappa shape index (κ2) is 6.72. The molecule has 0 bridgehead atoms. The molecule has 8 nitrogen and oxygen atoms in total. The van der Waals surface area contributed by atoms with E-state index in [2.05, 4.69) is 20.8 Å². The summed E-state index contributed by atoms with van der Waals surface area (Å²) < 4.78 is 0. The van der Waals surface area contributed by atoms with E-state index in [1.54, 1.807) is 14.1 Å². The summed E-state index contributed by atoms with van der Waals surface area (Å²) in [4.78, 5) is 25.5. The van der Waals surface area contributed by atoms with E-state index in [1.807, 2.05) is 13.8 Å². The zero-order valence-electron chi connectivity index (χ0n) is 11.7. The van der Waals surface area contributed by atoms with Gasteiger partial charge in [-0.25, -0.2) is 4.79 Å². The summed E-state index contributed by atoms with van der Waals surface area (Å²) in [5.74, 6) is 0.551. The van der Waals surface area contributed by atoms with E-state index >= 15 is 0 Å². The first-order chi connectivity index (χ1) is 8.88. The van der Waals surface area contributed by atoms with E-state index in [4.69, 9.17) is 0 Å². The standard InChI is InChI=1S/C11H20N6O2/c1-8(2)5-12-10(18)7-17-13-6-9(15-17)14-11(19)16(3)4/h6,8H,5,7H2,1-4H3,(H,12,18)(H,14,15,19). The number of hydrogen-bond acceptors (Lipinski definition) is 4. The minimum Gasteiger partial charge on any atom is -0.354 e. The fraction of sp³-hybridized carbons (Fsp3) is 0.636. The fourth-order valence-electron chi connectivity index (χ4n) is 1.15. The van der Waals surface area contributed by atoms with E-state index in [1.165, 1.54) is 15.9 Å². The van der Waals surface area contributed by atoms with Crippen molar-refractivity contribution in [2.45, 2.75) is 20.4 Å². The molecule has 0 aliphatic carbocycles. The van der Waals surface area contributed by atoms with Crippen LogP contribution in [0.4, 0.5) is 10.6 Å². The van der Waals surface area contributed by atoms with Gasteiger partial charge in [-0.2, -0.15) is 9.90 Å². The molecule has 0 radical (unpaired) electrons. The smallest absolute Gasteiger partial charge is 0.322 e. The zero-order chi connectivity index (χ0) is 14.4. The van der Waals surface area contributed by atoms with Gasteiger partial charge in [-0.05, 0) is 5.92 Å². The third-order valence-corrected chi connectivity index (χ3v) is 2.17. The van der Waals surface area contributed by atoms with Gasteiger partial charge in [0.1, 0.15) is 6.54 Å². The first-order valence-corrected chi connectivity index (χ1v) is 6.03. The Balaban J connectivity index is 2.46. The minimum absolute atomic E-state index is 0.0323. The van der Waals surface area contributed by atoms with Crippen LogP contribution in [0.5, 0.6) is 0 Å². The average Bonchev–Trinajstić information content (AvgIpc) is 2.73. The second-order valence-corrected chi connectivity index (χ2v) is 4.78. The van der Waals surface area contributed by atoms with Crippen molar-refractivity contribution in [3.63, 3.8) is 0 Å². The number of carbonyl (C=O) groups excluding carboxylic acids is 2. The van der Waals surface area contributed by atoms with Crippen LogP contribution < -0.4 is 10.6 Å². The van der Waals surface area contributed by atoms with E-state index in [9.17, 15) is 9.59 Å². The number of amides is 3. The second-order valence-electron chi connectivity index (χ2n) is 4.78. The molecule has 0 saturated carbocycles. The molecule has 0 aliphatic heterocycles. The number of rotatable bonds is 5. The first kappa shape index (κ1) is 14.9. The Kier molecular flexibility index (Phi) is 5.28. The summed E-state index contributed by atoms with van der Waals surface area (Å²) in [6.45, 7) is 4.68. The maximum absolute atomic E-state index is 11.5. The molecule has 3 amide bonds. The molecule has 0 spiro atoms. The number of aromatic nitrogens is 3. The molecule has 0 aromatic carbocycles. The van der Waals surface area contributed by atoms with Crippen LogP contribution in [0, 0.1) is 5.92 Å². The Morgan fingerprint density at radius 1 is 1.42 bits per heavy atom. The Bertz CT molecular complexity index is 440. The van der Waals surface area contributed by atoms with Gasteiger partial charge in [-0.15, -0.1) is 5.10 Å². The van der Waals surface area contributed by atoms with Gasteiger partial charge in [0.05, 0.1) is 6.20 Å². The van der Waals surface area contributed by atoms with Gasteiger partial charge in [-0.3, -0.25) is 10.1 Å². The predicted octanol–water partition coefficient (Wildman–Crippen LogP) is 0.144. The minimum atomic E-state index is -0.295. The molecule has 0 unspecified atom stereocenters. The third kappa shape index (κ3) is 5.36. The van der Waals surface area contributed by atoms with E-state index in [0.717, 1.165) is 0 Å². The van der Waals surface area contributed by atoms with Crippen molar-refractivity contribution in [1.82, 2.24) is 25.2 Å². The topological polar surface area (TPSA) is 92.2 Å². The lowest BCUT2D eigenvalue weighted by Gasteiger charge is -2.09. The Morgan fingerprint density at radius 2 is 2.11 bits per heavy atom. The highest BCUT2D eigenvalue weighted by Crippen LogP contribution is 2.00. The summed E-state index contributed by atoms with van der Waals surface area (Å²) in [6, 6.07) is -0.295. The highest BCUT2D eigenvalue weighted by Gasteiger charge is 2.09. The van der Waals surface area contributed by atoms with Crippen LogP contribution >= 0.6 is 0 Å². The molecule has 19 heavy (non-hydrogen) atoms. The molecule has 1 rings (SSSR count). The number of nitrogens with one attached hydrogen (secondary N) is 2. The number of hydrogen-bond donors (Lipinski definition) is 2. The van der Waals surface area contributed by atoms with Crippen molar-refractivity contribution in [2.75, 3.05) is 26.0 Å². The maximum atomic E-state index is 11.5.